The van der Waals surface area contributed by atoms with Crippen molar-refractivity contribution in [3.8, 4) is 17.1 Å². The lowest BCUT2D eigenvalue weighted by atomic mass is 9.87. The van der Waals surface area contributed by atoms with E-state index in [2.05, 4.69) is 25.8 Å². The van der Waals surface area contributed by atoms with Crippen molar-refractivity contribution in [1.82, 2.24) is 30.0 Å². The predicted octanol–water partition coefficient (Wildman–Crippen LogP) is 2.91. The van der Waals surface area contributed by atoms with Gasteiger partial charge in [-0.05, 0) is 45.0 Å². The summed E-state index contributed by atoms with van der Waals surface area (Å²) in [6.45, 7) is 5.97. The van der Waals surface area contributed by atoms with Crippen LogP contribution in [0.5, 0.6) is 5.75 Å². The number of benzene rings is 1. The number of rotatable bonds is 7. The van der Waals surface area contributed by atoms with Gasteiger partial charge in [-0.2, -0.15) is 0 Å². The number of nitrogens with two attached hydrogens (primary N) is 1. The number of ether oxygens (including phenoxy) is 2. The van der Waals surface area contributed by atoms with E-state index in [1.807, 2.05) is 56.7 Å². The first-order valence-corrected chi connectivity index (χ1v) is 10.6. The Kier molecular flexibility index (Phi) is 5.81. The van der Waals surface area contributed by atoms with Gasteiger partial charge in [0.1, 0.15) is 17.7 Å². The van der Waals surface area contributed by atoms with Crippen LogP contribution < -0.4 is 21.1 Å². The summed E-state index contributed by atoms with van der Waals surface area (Å²) in [5.41, 5.74) is 9.60. The molecule has 1 aliphatic rings. The summed E-state index contributed by atoms with van der Waals surface area (Å²) >= 11 is 0. The van der Waals surface area contributed by atoms with Crippen molar-refractivity contribution >= 4 is 17.7 Å². The van der Waals surface area contributed by atoms with Crippen LogP contribution in [0, 0.1) is 0 Å². The van der Waals surface area contributed by atoms with Crippen molar-refractivity contribution < 1.29 is 9.47 Å². The Morgan fingerprint density at radius 1 is 1.27 bits per heavy atom. The summed E-state index contributed by atoms with van der Waals surface area (Å²) < 4.78 is 13.1. The van der Waals surface area contributed by atoms with E-state index in [1.165, 1.54) is 0 Å². The fourth-order valence-corrected chi connectivity index (χ4v) is 4.06. The van der Waals surface area contributed by atoms with E-state index >= 15 is 0 Å². The van der Waals surface area contributed by atoms with Crippen LogP contribution in [0.25, 0.3) is 17.5 Å². The molecule has 10 heteroatoms. The Hall–Kier alpha value is -3.50. The zero-order valence-corrected chi connectivity index (χ0v) is 19.8. The molecule has 0 amide bonds. The number of anilines is 2. The Bertz CT molecular complexity index is 1200. The van der Waals surface area contributed by atoms with E-state index in [1.54, 1.807) is 26.7 Å². The summed E-state index contributed by atoms with van der Waals surface area (Å²) in [4.78, 5) is 9.29. The molecule has 33 heavy (non-hydrogen) atoms. The zero-order chi connectivity index (χ0) is 23.8. The summed E-state index contributed by atoms with van der Waals surface area (Å²) in [6.07, 6.45) is 5.93. The Balaban J connectivity index is 1.68. The maximum atomic E-state index is 6.84. The SMILES string of the molecule is COc1cc(-c2nncn2C)ccc1Nc1ncc2c(n1)C(N)(CC(C)(C)OC)NC(C)=C2. The second-order valence-electron chi connectivity index (χ2n) is 8.87. The third-order valence-corrected chi connectivity index (χ3v) is 5.71. The lowest BCUT2D eigenvalue weighted by Crippen LogP contribution is -2.56. The second kappa shape index (κ2) is 8.45. The highest BCUT2D eigenvalue weighted by atomic mass is 16.5. The monoisotopic (exact) mass is 450 g/mol. The van der Waals surface area contributed by atoms with E-state index in [0.717, 1.165) is 28.3 Å². The molecular formula is C23H30N8O2. The molecule has 1 unspecified atom stereocenters. The van der Waals surface area contributed by atoms with Crippen LogP contribution in [0.15, 0.2) is 36.4 Å². The van der Waals surface area contributed by atoms with Crippen LogP contribution in [0.2, 0.25) is 0 Å². The molecule has 1 atom stereocenters. The van der Waals surface area contributed by atoms with Crippen LogP contribution in [-0.4, -0.2) is 44.6 Å². The fourth-order valence-electron chi connectivity index (χ4n) is 4.06. The van der Waals surface area contributed by atoms with Crippen molar-refractivity contribution in [2.24, 2.45) is 12.8 Å². The number of allylic oxidation sites excluding steroid dienone is 1. The van der Waals surface area contributed by atoms with Crippen molar-refractivity contribution in [3.63, 3.8) is 0 Å². The fraction of sp³-hybridized carbons (Fsp3) is 0.391. The third-order valence-electron chi connectivity index (χ3n) is 5.71. The van der Waals surface area contributed by atoms with Crippen LogP contribution in [0.3, 0.4) is 0 Å². The largest absolute Gasteiger partial charge is 0.495 e. The smallest absolute Gasteiger partial charge is 0.227 e. The van der Waals surface area contributed by atoms with Gasteiger partial charge in [-0.25, -0.2) is 9.97 Å². The van der Waals surface area contributed by atoms with Crippen molar-refractivity contribution in [2.75, 3.05) is 19.5 Å². The van der Waals surface area contributed by atoms with Gasteiger partial charge < -0.3 is 30.4 Å². The number of nitrogens with zero attached hydrogens (tertiary/aromatic N) is 5. The van der Waals surface area contributed by atoms with Crippen LogP contribution in [0.4, 0.5) is 11.6 Å². The topological polar surface area (TPSA) is 125 Å². The first kappa shape index (κ1) is 22.7. The molecule has 3 aromatic rings. The maximum Gasteiger partial charge on any atom is 0.227 e. The molecule has 0 spiro atoms. The van der Waals surface area contributed by atoms with Gasteiger partial charge >= 0.3 is 0 Å². The molecule has 0 radical (unpaired) electrons. The molecule has 0 saturated carbocycles. The standard InChI is InChI=1S/C23H30N8O2/c1-14-9-16-11-25-21(28-19(16)23(24,29-14)12-22(2,3)33-6)27-17-8-7-15(10-18(17)32-5)20-30-26-13-31(20)4/h7-11,13,29H,12,24H2,1-6H3,(H,25,27,28). The van der Waals surface area contributed by atoms with E-state index in [0.29, 0.717) is 23.8 Å². The Labute approximate surface area is 193 Å². The minimum absolute atomic E-state index is 0.415. The average molecular weight is 451 g/mol. The predicted molar refractivity (Wildman–Crippen MR) is 127 cm³/mol. The third kappa shape index (κ3) is 4.53. The molecule has 0 fully saturated rings. The molecule has 1 aromatic carbocycles. The molecule has 10 nitrogen and oxygen atoms in total. The van der Waals surface area contributed by atoms with E-state index < -0.39 is 11.3 Å². The highest BCUT2D eigenvalue weighted by molar-refractivity contribution is 5.70. The molecule has 0 aliphatic carbocycles. The van der Waals surface area contributed by atoms with Gasteiger partial charge in [0.2, 0.25) is 5.95 Å². The van der Waals surface area contributed by atoms with Crippen molar-refractivity contribution in [3.05, 3.63) is 47.7 Å². The summed E-state index contributed by atoms with van der Waals surface area (Å²) in [5, 5.41) is 14.7. The molecular weight excluding hydrogens is 420 g/mol. The molecule has 0 saturated heterocycles. The van der Waals surface area contributed by atoms with Gasteiger partial charge in [-0.15, -0.1) is 10.2 Å². The molecule has 174 valence electrons. The number of aromatic nitrogens is 5. The van der Waals surface area contributed by atoms with Crippen LogP contribution >= 0.6 is 0 Å². The lowest BCUT2D eigenvalue weighted by molar-refractivity contribution is -0.00867. The number of nitrogens with one attached hydrogen (secondary N) is 2. The van der Waals surface area contributed by atoms with Gasteiger partial charge in [0, 0.05) is 43.6 Å². The van der Waals surface area contributed by atoms with Gasteiger partial charge in [-0.3, -0.25) is 0 Å². The molecule has 4 rings (SSSR count). The van der Waals surface area contributed by atoms with Gasteiger partial charge in [0.05, 0.1) is 24.1 Å². The number of aryl methyl sites for hydroxylation is 1. The highest BCUT2D eigenvalue weighted by Crippen LogP contribution is 2.35. The highest BCUT2D eigenvalue weighted by Gasteiger charge is 2.39. The minimum atomic E-state index is -0.911. The number of hydrogen-bond donors (Lipinski definition) is 3. The van der Waals surface area contributed by atoms with E-state index in [-0.39, 0.29) is 0 Å². The molecule has 3 heterocycles. The quantitative estimate of drug-likeness (QED) is 0.498. The Morgan fingerprint density at radius 3 is 2.73 bits per heavy atom. The van der Waals surface area contributed by atoms with Gasteiger partial charge in [-0.1, -0.05) is 0 Å². The van der Waals surface area contributed by atoms with Crippen molar-refractivity contribution in [1.29, 1.82) is 0 Å². The summed E-state index contributed by atoms with van der Waals surface area (Å²) in [7, 11) is 5.19. The van der Waals surface area contributed by atoms with E-state index in [4.69, 9.17) is 20.2 Å². The normalized spacial score (nSPS) is 17.7. The summed E-state index contributed by atoms with van der Waals surface area (Å²) in [5.74, 6) is 1.79. The lowest BCUT2D eigenvalue weighted by Gasteiger charge is -2.40. The molecule has 2 aromatic heterocycles. The molecule has 4 N–H and O–H groups in total. The maximum absolute atomic E-state index is 6.84. The van der Waals surface area contributed by atoms with Crippen LogP contribution in [0.1, 0.15) is 38.4 Å². The van der Waals surface area contributed by atoms with Gasteiger partial charge in [0.25, 0.3) is 0 Å². The Morgan fingerprint density at radius 2 is 2.06 bits per heavy atom. The average Bonchev–Trinajstić information content (AvgIpc) is 3.19. The van der Waals surface area contributed by atoms with Crippen molar-refractivity contribution in [2.45, 2.75) is 38.5 Å². The minimum Gasteiger partial charge on any atom is -0.495 e. The number of methoxy groups -OCH3 is 2. The van der Waals surface area contributed by atoms with Gasteiger partial charge in [0.15, 0.2) is 5.82 Å². The zero-order valence-electron chi connectivity index (χ0n) is 19.8. The summed E-state index contributed by atoms with van der Waals surface area (Å²) in [6, 6.07) is 5.74. The molecule has 1 aliphatic heterocycles. The number of hydrogen-bond acceptors (Lipinski definition) is 9. The van der Waals surface area contributed by atoms with E-state index in [9.17, 15) is 0 Å². The second-order valence-corrected chi connectivity index (χ2v) is 8.87. The van der Waals surface area contributed by atoms with Crippen LogP contribution in [-0.2, 0) is 17.4 Å². The number of fused-ring (bicyclic) bond motifs is 1. The first-order valence-electron chi connectivity index (χ1n) is 10.6. The first-order chi connectivity index (χ1) is 15.6. The molecule has 0 bridgehead atoms.